The fourth-order valence-corrected chi connectivity index (χ4v) is 4.30. The van der Waals surface area contributed by atoms with Crippen molar-refractivity contribution in [3.63, 3.8) is 0 Å². The lowest BCUT2D eigenvalue weighted by Gasteiger charge is -2.18. The van der Waals surface area contributed by atoms with Gasteiger partial charge in [-0.25, -0.2) is 8.42 Å². The summed E-state index contributed by atoms with van der Waals surface area (Å²) in [5, 5.41) is 0. The van der Waals surface area contributed by atoms with Crippen molar-refractivity contribution in [2.24, 2.45) is 0 Å². The van der Waals surface area contributed by atoms with Gasteiger partial charge in [0.2, 0.25) is 21.8 Å². The summed E-state index contributed by atoms with van der Waals surface area (Å²) in [6, 6.07) is 4.52. The van der Waals surface area contributed by atoms with Gasteiger partial charge < -0.3 is 18.9 Å². The Morgan fingerprint density at radius 3 is 2.48 bits per heavy atom. The standard InChI is InChI=1S/C17H21N3O6S/c1-23-14-5-4-13(8-15(14)24-2)27(21,22)20-7-6-12(11-20)26-17-10-18-9-16(19-17)25-3/h4-5,8-10,12H,6-7,11H2,1-3H3/t12-/m1/s1. The second kappa shape index (κ2) is 7.97. The van der Waals surface area contributed by atoms with E-state index in [0.717, 1.165) is 0 Å². The van der Waals surface area contributed by atoms with Crippen molar-refractivity contribution < 1.29 is 27.4 Å². The quantitative estimate of drug-likeness (QED) is 0.693. The van der Waals surface area contributed by atoms with Crippen LogP contribution < -0.4 is 18.9 Å². The Hall–Kier alpha value is -2.59. The Morgan fingerprint density at radius 2 is 1.78 bits per heavy atom. The van der Waals surface area contributed by atoms with Crippen LogP contribution in [0.25, 0.3) is 0 Å². The summed E-state index contributed by atoms with van der Waals surface area (Å²) in [6.07, 6.45) is 3.16. The van der Waals surface area contributed by atoms with Gasteiger partial charge in [-0.15, -0.1) is 0 Å². The van der Waals surface area contributed by atoms with E-state index in [2.05, 4.69) is 9.97 Å². The number of ether oxygens (including phenoxy) is 4. The lowest BCUT2D eigenvalue weighted by molar-refractivity contribution is 0.203. The number of hydrogen-bond donors (Lipinski definition) is 0. The zero-order valence-corrected chi connectivity index (χ0v) is 16.1. The molecule has 0 bridgehead atoms. The van der Waals surface area contributed by atoms with Gasteiger partial charge in [0.05, 0.1) is 45.2 Å². The molecule has 1 aromatic heterocycles. The first kappa shape index (κ1) is 19.2. The Balaban J connectivity index is 1.73. The summed E-state index contributed by atoms with van der Waals surface area (Å²) in [5.41, 5.74) is 0. The van der Waals surface area contributed by atoms with Gasteiger partial charge >= 0.3 is 0 Å². The first-order valence-corrected chi connectivity index (χ1v) is 9.66. The van der Waals surface area contributed by atoms with E-state index in [0.29, 0.717) is 36.2 Å². The zero-order valence-electron chi connectivity index (χ0n) is 15.3. The Kier molecular flexibility index (Phi) is 5.66. The Morgan fingerprint density at radius 1 is 1.04 bits per heavy atom. The minimum absolute atomic E-state index is 0.141. The number of benzene rings is 1. The van der Waals surface area contributed by atoms with Crippen LogP contribution in [0.4, 0.5) is 0 Å². The van der Waals surface area contributed by atoms with E-state index in [1.165, 1.54) is 50.2 Å². The van der Waals surface area contributed by atoms with E-state index in [-0.39, 0.29) is 17.5 Å². The van der Waals surface area contributed by atoms with Crippen LogP contribution >= 0.6 is 0 Å². The summed E-state index contributed by atoms with van der Waals surface area (Å²) in [6.45, 7) is 0.564. The topological polar surface area (TPSA) is 100 Å². The van der Waals surface area contributed by atoms with E-state index < -0.39 is 10.0 Å². The monoisotopic (exact) mass is 395 g/mol. The molecule has 0 saturated carbocycles. The first-order valence-electron chi connectivity index (χ1n) is 8.22. The maximum absolute atomic E-state index is 12.9. The van der Waals surface area contributed by atoms with E-state index >= 15 is 0 Å². The average molecular weight is 395 g/mol. The fraction of sp³-hybridized carbons (Fsp3) is 0.412. The van der Waals surface area contributed by atoms with Gasteiger partial charge in [-0.1, -0.05) is 0 Å². The highest BCUT2D eigenvalue weighted by atomic mass is 32.2. The molecule has 27 heavy (non-hydrogen) atoms. The zero-order chi connectivity index (χ0) is 19.4. The highest BCUT2D eigenvalue weighted by Gasteiger charge is 2.34. The SMILES string of the molecule is COc1cncc(O[C@@H]2CCN(S(=O)(=O)c3ccc(OC)c(OC)c3)C2)n1. The minimum Gasteiger partial charge on any atom is -0.493 e. The number of hydrogen-bond acceptors (Lipinski definition) is 8. The lowest BCUT2D eigenvalue weighted by atomic mass is 10.3. The molecule has 10 heteroatoms. The molecule has 0 aliphatic carbocycles. The maximum Gasteiger partial charge on any atom is 0.243 e. The van der Waals surface area contributed by atoms with Gasteiger partial charge in [0.25, 0.3) is 0 Å². The molecule has 1 saturated heterocycles. The molecule has 0 amide bonds. The third-order valence-corrected chi connectivity index (χ3v) is 6.05. The Labute approximate surface area is 157 Å². The third kappa shape index (κ3) is 4.06. The molecule has 1 aliphatic rings. The molecule has 146 valence electrons. The number of rotatable bonds is 7. The summed E-state index contributed by atoms with van der Waals surface area (Å²) in [7, 11) is 0.767. The predicted octanol–water partition coefficient (Wildman–Crippen LogP) is 1.34. The minimum atomic E-state index is -3.68. The van der Waals surface area contributed by atoms with Gasteiger partial charge in [-0.2, -0.15) is 9.29 Å². The maximum atomic E-state index is 12.9. The summed E-state index contributed by atoms with van der Waals surface area (Å²) in [5.74, 6) is 1.46. The number of sulfonamides is 1. The van der Waals surface area contributed by atoms with Crippen molar-refractivity contribution in [3.05, 3.63) is 30.6 Å². The lowest BCUT2D eigenvalue weighted by Crippen LogP contribution is -2.31. The molecule has 0 spiro atoms. The van der Waals surface area contributed by atoms with Gasteiger partial charge in [-0.05, 0) is 18.6 Å². The number of methoxy groups -OCH3 is 3. The van der Waals surface area contributed by atoms with Gasteiger partial charge in [0.1, 0.15) is 6.10 Å². The van der Waals surface area contributed by atoms with Crippen molar-refractivity contribution >= 4 is 10.0 Å². The summed E-state index contributed by atoms with van der Waals surface area (Å²) in [4.78, 5) is 8.26. The molecular formula is C17H21N3O6S. The average Bonchev–Trinajstić information content (AvgIpc) is 3.16. The molecule has 2 heterocycles. The van der Waals surface area contributed by atoms with Crippen LogP contribution in [0.1, 0.15) is 6.42 Å². The summed E-state index contributed by atoms with van der Waals surface area (Å²) >= 11 is 0. The van der Waals surface area contributed by atoms with E-state index in [1.54, 1.807) is 6.07 Å². The third-order valence-electron chi connectivity index (χ3n) is 4.19. The highest BCUT2D eigenvalue weighted by molar-refractivity contribution is 7.89. The fourth-order valence-electron chi connectivity index (χ4n) is 2.80. The van der Waals surface area contributed by atoms with E-state index in [4.69, 9.17) is 18.9 Å². The van der Waals surface area contributed by atoms with Crippen LogP contribution in [-0.4, -0.2) is 63.2 Å². The van der Waals surface area contributed by atoms with Crippen LogP contribution in [0.15, 0.2) is 35.5 Å². The van der Waals surface area contributed by atoms with Crippen LogP contribution in [0.5, 0.6) is 23.3 Å². The highest BCUT2D eigenvalue weighted by Crippen LogP contribution is 2.32. The molecule has 1 atom stereocenters. The molecule has 0 N–H and O–H groups in total. The number of nitrogens with zero attached hydrogens (tertiary/aromatic N) is 3. The smallest absolute Gasteiger partial charge is 0.243 e. The molecular weight excluding hydrogens is 374 g/mol. The molecule has 3 rings (SSSR count). The van der Waals surface area contributed by atoms with Crippen LogP contribution in [-0.2, 0) is 10.0 Å². The summed E-state index contributed by atoms with van der Waals surface area (Å²) < 4.78 is 48.4. The van der Waals surface area contributed by atoms with Gasteiger partial charge in [0, 0.05) is 12.6 Å². The molecule has 1 fully saturated rings. The molecule has 1 aliphatic heterocycles. The predicted molar refractivity (Wildman–Crippen MR) is 95.9 cm³/mol. The molecule has 0 radical (unpaired) electrons. The van der Waals surface area contributed by atoms with Crippen LogP contribution in [0.3, 0.4) is 0 Å². The first-order chi connectivity index (χ1) is 13.0. The van der Waals surface area contributed by atoms with E-state index in [1.807, 2.05) is 0 Å². The van der Waals surface area contributed by atoms with Gasteiger partial charge in [-0.3, -0.25) is 4.98 Å². The van der Waals surface area contributed by atoms with Crippen LogP contribution in [0.2, 0.25) is 0 Å². The Bertz CT molecular complexity index is 905. The second-order valence-electron chi connectivity index (χ2n) is 5.81. The van der Waals surface area contributed by atoms with Gasteiger partial charge in [0.15, 0.2) is 11.5 Å². The number of aromatic nitrogens is 2. The second-order valence-corrected chi connectivity index (χ2v) is 7.75. The van der Waals surface area contributed by atoms with Crippen molar-refractivity contribution in [3.8, 4) is 23.3 Å². The van der Waals surface area contributed by atoms with E-state index in [9.17, 15) is 8.42 Å². The van der Waals surface area contributed by atoms with Crippen molar-refractivity contribution in [2.75, 3.05) is 34.4 Å². The molecule has 0 unspecified atom stereocenters. The van der Waals surface area contributed by atoms with Crippen molar-refractivity contribution in [1.82, 2.24) is 14.3 Å². The molecule has 1 aromatic carbocycles. The van der Waals surface area contributed by atoms with Crippen molar-refractivity contribution in [2.45, 2.75) is 17.4 Å². The normalized spacial score (nSPS) is 17.5. The van der Waals surface area contributed by atoms with Crippen LogP contribution in [0, 0.1) is 0 Å². The molecule has 2 aromatic rings. The molecule has 9 nitrogen and oxygen atoms in total. The largest absolute Gasteiger partial charge is 0.493 e. The van der Waals surface area contributed by atoms with Crippen molar-refractivity contribution in [1.29, 1.82) is 0 Å².